The highest BCUT2D eigenvalue weighted by Crippen LogP contribution is 2.34. The van der Waals surface area contributed by atoms with E-state index in [1.165, 1.54) is 13.0 Å². The van der Waals surface area contributed by atoms with E-state index in [2.05, 4.69) is 0 Å². The lowest BCUT2D eigenvalue weighted by Gasteiger charge is -2.15. The molecule has 2 aromatic rings. The van der Waals surface area contributed by atoms with Crippen molar-refractivity contribution in [3.8, 4) is 5.75 Å². The molecule has 0 spiro atoms. The van der Waals surface area contributed by atoms with Gasteiger partial charge in [-0.3, -0.25) is 10.1 Å². The van der Waals surface area contributed by atoms with Crippen LogP contribution in [-0.2, 0) is 10.1 Å². The Morgan fingerprint density at radius 2 is 1.50 bits per heavy atom. The number of nitro groups is 1. The summed E-state index contributed by atoms with van der Waals surface area (Å²) in [6, 6.07) is 6.79. The number of nitro benzene ring substituents is 1. The topological polar surface area (TPSA) is 86.5 Å². The van der Waals surface area contributed by atoms with Gasteiger partial charge < -0.3 is 4.18 Å². The normalized spacial score (nSPS) is 11.4. The van der Waals surface area contributed by atoms with E-state index in [1.54, 1.807) is 45.9 Å². The minimum Gasteiger partial charge on any atom is -0.378 e. The Hall–Kier alpha value is -2.41. The third-order valence-corrected chi connectivity index (χ3v) is 5.41. The van der Waals surface area contributed by atoms with E-state index in [1.807, 2.05) is 0 Å². The average molecular weight is 349 g/mol. The highest BCUT2D eigenvalue weighted by Gasteiger charge is 2.29. The number of rotatable bonds is 4. The summed E-state index contributed by atoms with van der Waals surface area (Å²) in [4.78, 5) is 10.6. The molecule has 0 saturated carbocycles. The third-order valence-electron chi connectivity index (χ3n) is 3.89. The van der Waals surface area contributed by atoms with Crippen LogP contribution in [0, 0.1) is 44.7 Å². The minimum atomic E-state index is -4.20. The number of hydrogen-bond acceptors (Lipinski definition) is 5. The summed E-state index contributed by atoms with van der Waals surface area (Å²) in [5.41, 5.74) is 2.07. The summed E-state index contributed by atoms with van der Waals surface area (Å²) in [6.07, 6.45) is 0. The van der Waals surface area contributed by atoms with E-state index < -0.39 is 15.0 Å². The summed E-state index contributed by atoms with van der Waals surface area (Å²) < 4.78 is 30.9. The fraction of sp³-hybridized carbons (Fsp3) is 0.294. The quantitative estimate of drug-likeness (QED) is 0.474. The average Bonchev–Trinajstić information content (AvgIpc) is 2.41. The van der Waals surface area contributed by atoms with Gasteiger partial charge in [0.05, 0.1) is 4.92 Å². The van der Waals surface area contributed by atoms with Crippen LogP contribution in [0.1, 0.15) is 27.8 Å². The van der Waals surface area contributed by atoms with Gasteiger partial charge in [-0.05, 0) is 57.4 Å². The van der Waals surface area contributed by atoms with Crippen LogP contribution in [0.25, 0.3) is 0 Å². The molecule has 24 heavy (non-hydrogen) atoms. The Kier molecular flexibility index (Phi) is 4.66. The molecule has 0 radical (unpaired) electrons. The van der Waals surface area contributed by atoms with E-state index in [0.29, 0.717) is 22.3 Å². The van der Waals surface area contributed by atoms with E-state index in [4.69, 9.17) is 4.18 Å². The molecule has 128 valence electrons. The van der Waals surface area contributed by atoms with Crippen molar-refractivity contribution in [1.29, 1.82) is 0 Å². The van der Waals surface area contributed by atoms with Crippen LogP contribution >= 0.6 is 0 Å². The largest absolute Gasteiger partial charge is 0.378 e. The first-order chi connectivity index (χ1) is 11.1. The standard InChI is InChI=1S/C17H19NO5S/c1-10-7-6-8-11(2)16(10)23-24(21,22)17-13(4)9-12(3)15(14(17)5)18(19)20/h6-9H,1-5H3. The Morgan fingerprint density at radius 3 is 2.00 bits per heavy atom. The maximum atomic E-state index is 12.8. The van der Waals surface area contributed by atoms with Gasteiger partial charge in [-0.15, -0.1) is 0 Å². The molecule has 0 saturated heterocycles. The minimum absolute atomic E-state index is 0.0868. The summed E-state index contributed by atoms with van der Waals surface area (Å²) >= 11 is 0. The van der Waals surface area contributed by atoms with E-state index in [9.17, 15) is 18.5 Å². The van der Waals surface area contributed by atoms with Crippen molar-refractivity contribution >= 4 is 15.8 Å². The predicted molar refractivity (Wildman–Crippen MR) is 91.0 cm³/mol. The fourth-order valence-corrected chi connectivity index (χ4v) is 4.40. The Morgan fingerprint density at radius 1 is 0.958 bits per heavy atom. The lowest BCUT2D eigenvalue weighted by Crippen LogP contribution is -2.15. The highest BCUT2D eigenvalue weighted by molar-refractivity contribution is 7.87. The van der Waals surface area contributed by atoms with Crippen LogP contribution in [0.3, 0.4) is 0 Å². The van der Waals surface area contributed by atoms with Crippen molar-refractivity contribution in [2.45, 2.75) is 39.5 Å². The maximum Gasteiger partial charge on any atom is 0.340 e. The molecule has 0 fully saturated rings. The van der Waals surface area contributed by atoms with Crippen molar-refractivity contribution in [1.82, 2.24) is 0 Å². The molecule has 7 heteroatoms. The smallest absolute Gasteiger partial charge is 0.340 e. The van der Waals surface area contributed by atoms with Gasteiger partial charge >= 0.3 is 10.1 Å². The van der Waals surface area contributed by atoms with Gasteiger partial charge in [0.1, 0.15) is 10.6 Å². The van der Waals surface area contributed by atoms with Crippen molar-refractivity contribution in [2.75, 3.05) is 0 Å². The lowest BCUT2D eigenvalue weighted by atomic mass is 10.1. The molecule has 2 rings (SSSR count). The van der Waals surface area contributed by atoms with Gasteiger partial charge in [-0.25, -0.2) is 0 Å². The molecule has 0 bridgehead atoms. The SMILES string of the molecule is Cc1cccc(C)c1OS(=O)(=O)c1c(C)cc(C)c([N+](=O)[O-])c1C. The van der Waals surface area contributed by atoms with E-state index in [-0.39, 0.29) is 21.9 Å². The molecular formula is C17H19NO5S. The first-order valence-electron chi connectivity index (χ1n) is 7.32. The summed E-state index contributed by atoms with van der Waals surface area (Å²) in [6.45, 7) is 8.11. The molecule has 0 aliphatic heterocycles. The van der Waals surface area contributed by atoms with E-state index in [0.717, 1.165) is 0 Å². The molecule has 0 N–H and O–H groups in total. The van der Waals surface area contributed by atoms with Gasteiger partial charge in [0, 0.05) is 11.1 Å². The molecule has 0 aliphatic carbocycles. The zero-order valence-electron chi connectivity index (χ0n) is 14.2. The molecule has 0 aliphatic rings. The van der Waals surface area contributed by atoms with E-state index >= 15 is 0 Å². The van der Waals surface area contributed by atoms with Crippen LogP contribution in [0.2, 0.25) is 0 Å². The number of para-hydroxylation sites is 1. The molecular weight excluding hydrogens is 330 g/mol. The van der Waals surface area contributed by atoms with Crippen molar-refractivity contribution in [3.63, 3.8) is 0 Å². The first-order valence-corrected chi connectivity index (χ1v) is 8.73. The predicted octanol–water partition coefficient (Wildman–Crippen LogP) is 3.90. The number of hydrogen-bond donors (Lipinski definition) is 0. The molecule has 0 atom stereocenters. The molecule has 0 unspecified atom stereocenters. The van der Waals surface area contributed by atoms with Crippen LogP contribution in [-0.4, -0.2) is 13.3 Å². The summed E-state index contributed by atoms with van der Waals surface area (Å²) in [5.74, 6) is 0.250. The van der Waals surface area contributed by atoms with Crippen molar-refractivity contribution in [2.24, 2.45) is 0 Å². The van der Waals surface area contributed by atoms with Crippen molar-refractivity contribution < 1.29 is 17.5 Å². The molecule has 0 heterocycles. The lowest BCUT2D eigenvalue weighted by molar-refractivity contribution is -0.386. The Labute approximate surface area is 141 Å². The van der Waals surface area contributed by atoms with Crippen LogP contribution in [0.5, 0.6) is 5.75 Å². The first kappa shape index (κ1) is 17.9. The van der Waals surface area contributed by atoms with Crippen LogP contribution in [0.15, 0.2) is 29.2 Å². The molecule has 2 aromatic carbocycles. The van der Waals surface area contributed by atoms with Crippen molar-refractivity contribution in [3.05, 3.63) is 62.2 Å². The third kappa shape index (κ3) is 3.12. The molecule has 0 amide bonds. The molecule has 6 nitrogen and oxygen atoms in total. The number of nitrogens with zero attached hydrogens (tertiary/aromatic N) is 1. The highest BCUT2D eigenvalue weighted by atomic mass is 32.2. The fourth-order valence-electron chi connectivity index (χ4n) is 2.91. The zero-order valence-corrected chi connectivity index (χ0v) is 15.0. The number of aryl methyl sites for hydroxylation is 4. The Bertz CT molecular complexity index is 912. The summed E-state index contributed by atoms with van der Waals surface area (Å²) in [5, 5.41) is 11.3. The van der Waals surface area contributed by atoms with Crippen LogP contribution in [0.4, 0.5) is 5.69 Å². The van der Waals surface area contributed by atoms with Crippen LogP contribution < -0.4 is 4.18 Å². The second-order valence-electron chi connectivity index (χ2n) is 5.83. The van der Waals surface area contributed by atoms with Gasteiger partial charge in [0.15, 0.2) is 0 Å². The Balaban J connectivity index is 2.67. The van der Waals surface area contributed by atoms with Gasteiger partial charge in [-0.2, -0.15) is 8.42 Å². The monoisotopic (exact) mass is 349 g/mol. The summed E-state index contributed by atoms with van der Waals surface area (Å²) in [7, 11) is -4.20. The molecule has 0 aromatic heterocycles. The van der Waals surface area contributed by atoms with Gasteiger partial charge in [0.2, 0.25) is 0 Å². The second-order valence-corrected chi connectivity index (χ2v) is 7.31. The maximum absolute atomic E-state index is 12.8. The van der Waals surface area contributed by atoms with Gasteiger partial charge in [0.25, 0.3) is 5.69 Å². The second kappa shape index (κ2) is 6.24. The zero-order chi connectivity index (χ0) is 18.2. The number of benzene rings is 2. The van der Waals surface area contributed by atoms with Gasteiger partial charge in [-0.1, -0.05) is 18.2 Å².